The van der Waals surface area contributed by atoms with Crippen LogP contribution in [0.5, 0.6) is 17.2 Å². The van der Waals surface area contributed by atoms with Gasteiger partial charge in [0.05, 0.1) is 27.2 Å². The van der Waals surface area contributed by atoms with Crippen LogP contribution in [-0.4, -0.2) is 31.7 Å². The number of anilines is 1. The number of aromatic nitrogens is 1. The molecule has 0 bridgehead atoms. The van der Waals surface area contributed by atoms with Crippen LogP contribution in [0.4, 0.5) is 5.13 Å². The summed E-state index contributed by atoms with van der Waals surface area (Å²) in [7, 11) is 3.18. The molecule has 2 aromatic carbocycles. The number of nitrogens with zero attached hydrogens (tertiary/aromatic N) is 1. The summed E-state index contributed by atoms with van der Waals surface area (Å²) in [5.41, 5.74) is 0.669. The minimum Gasteiger partial charge on any atom is -0.495 e. The molecular weight excluding hydrogens is 340 g/mol. The Kier molecular flexibility index (Phi) is 5.35. The Balaban J connectivity index is 1.65. The van der Waals surface area contributed by atoms with E-state index in [9.17, 15) is 4.79 Å². The van der Waals surface area contributed by atoms with Crippen molar-refractivity contribution in [2.45, 2.75) is 6.42 Å². The van der Waals surface area contributed by atoms with Crippen molar-refractivity contribution in [2.24, 2.45) is 0 Å². The van der Waals surface area contributed by atoms with Gasteiger partial charge in [-0.15, -0.1) is 0 Å². The molecule has 0 spiro atoms. The number of methoxy groups -OCH3 is 2. The first-order chi connectivity index (χ1) is 12.2. The monoisotopic (exact) mass is 358 g/mol. The molecule has 130 valence electrons. The summed E-state index contributed by atoms with van der Waals surface area (Å²) in [6.45, 7) is 0.299. The van der Waals surface area contributed by atoms with Crippen LogP contribution in [0.3, 0.4) is 0 Å². The van der Waals surface area contributed by atoms with Crippen LogP contribution in [0.15, 0.2) is 42.5 Å². The van der Waals surface area contributed by atoms with Gasteiger partial charge in [-0.1, -0.05) is 29.5 Å². The van der Waals surface area contributed by atoms with E-state index < -0.39 is 0 Å². The molecule has 0 aliphatic rings. The van der Waals surface area contributed by atoms with Gasteiger partial charge in [-0.25, -0.2) is 4.98 Å². The molecule has 6 nitrogen and oxygen atoms in total. The molecule has 0 radical (unpaired) electrons. The maximum absolute atomic E-state index is 12.1. The maximum atomic E-state index is 12.1. The van der Waals surface area contributed by atoms with Gasteiger partial charge in [0.1, 0.15) is 27.5 Å². The zero-order chi connectivity index (χ0) is 17.6. The predicted molar refractivity (Wildman–Crippen MR) is 97.9 cm³/mol. The number of carbonyl (C=O) groups is 1. The number of hydrogen-bond donors (Lipinski definition) is 1. The van der Waals surface area contributed by atoms with Gasteiger partial charge in [0, 0.05) is 0 Å². The van der Waals surface area contributed by atoms with E-state index in [2.05, 4.69) is 10.3 Å². The van der Waals surface area contributed by atoms with E-state index in [-0.39, 0.29) is 12.3 Å². The average molecular weight is 358 g/mol. The maximum Gasteiger partial charge on any atom is 0.229 e. The molecule has 3 aromatic rings. The van der Waals surface area contributed by atoms with E-state index in [1.54, 1.807) is 20.3 Å². The highest BCUT2D eigenvalue weighted by atomic mass is 32.1. The standard InChI is InChI=1S/C18H18N2O4S/c1-22-13-8-9-14(23-2)17-16(13)20-18(25-17)19-15(21)10-11-24-12-6-4-3-5-7-12/h3-9H,10-11H2,1-2H3,(H,19,20,21). The summed E-state index contributed by atoms with van der Waals surface area (Å²) in [6, 6.07) is 13.0. The van der Waals surface area contributed by atoms with Gasteiger partial charge in [-0.3, -0.25) is 4.79 Å². The van der Waals surface area contributed by atoms with E-state index in [0.29, 0.717) is 28.8 Å². The number of fused-ring (bicyclic) bond motifs is 1. The van der Waals surface area contributed by atoms with Gasteiger partial charge in [0.2, 0.25) is 5.91 Å². The van der Waals surface area contributed by atoms with E-state index in [1.165, 1.54) is 11.3 Å². The fourth-order valence-electron chi connectivity index (χ4n) is 2.30. The van der Waals surface area contributed by atoms with Crippen molar-refractivity contribution < 1.29 is 19.0 Å². The molecule has 1 N–H and O–H groups in total. The third-order valence-corrected chi connectivity index (χ3v) is 4.48. The average Bonchev–Trinajstić information content (AvgIpc) is 3.05. The molecule has 0 saturated heterocycles. The van der Waals surface area contributed by atoms with Crippen LogP contribution in [0.25, 0.3) is 10.2 Å². The summed E-state index contributed by atoms with van der Waals surface area (Å²) in [4.78, 5) is 16.5. The fourth-order valence-corrected chi connectivity index (χ4v) is 3.29. The van der Waals surface area contributed by atoms with Gasteiger partial charge >= 0.3 is 0 Å². The molecule has 25 heavy (non-hydrogen) atoms. The highest BCUT2D eigenvalue weighted by molar-refractivity contribution is 7.22. The Bertz CT molecular complexity index is 823. The van der Waals surface area contributed by atoms with Crippen molar-refractivity contribution in [3.8, 4) is 17.2 Å². The molecular formula is C18H18N2O4S. The van der Waals surface area contributed by atoms with Gasteiger partial charge in [0.25, 0.3) is 0 Å². The minimum absolute atomic E-state index is 0.159. The quantitative estimate of drug-likeness (QED) is 0.697. The van der Waals surface area contributed by atoms with E-state index in [0.717, 1.165) is 10.4 Å². The molecule has 0 aliphatic heterocycles. The lowest BCUT2D eigenvalue weighted by molar-refractivity contribution is -0.116. The van der Waals surface area contributed by atoms with Crippen molar-refractivity contribution in [3.63, 3.8) is 0 Å². The molecule has 0 saturated carbocycles. The van der Waals surface area contributed by atoms with Gasteiger partial charge in [-0.2, -0.15) is 0 Å². The van der Waals surface area contributed by atoms with Gasteiger partial charge in [0.15, 0.2) is 5.13 Å². The summed E-state index contributed by atoms with van der Waals surface area (Å²) >= 11 is 1.35. The molecule has 0 unspecified atom stereocenters. The molecule has 0 fully saturated rings. The summed E-state index contributed by atoms with van der Waals surface area (Å²) < 4.78 is 17.0. The second-order valence-electron chi connectivity index (χ2n) is 5.13. The molecule has 1 aromatic heterocycles. The SMILES string of the molecule is COc1ccc(OC)c2sc(NC(=O)CCOc3ccccc3)nc12. The highest BCUT2D eigenvalue weighted by Gasteiger charge is 2.15. The first-order valence-corrected chi connectivity index (χ1v) is 8.52. The Labute approximate surface area is 149 Å². The van der Waals surface area contributed by atoms with Crippen LogP contribution in [0.2, 0.25) is 0 Å². The van der Waals surface area contributed by atoms with Crippen molar-refractivity contribution in [2.75, 3.05) is 26.1 Å². The zero-order valence-electron chi connectivity index (χ0n) is 13.9. The number of benzene rings is 2. The molecule has 1 heterocycles. The Morgan fingerprint density at radius 2 is 1.80 bits per heavy atom. The first kappa shape index (κ1) is 17.0. The Morgan fingerprint density at radius 1 is 1.08 bits per heavy atom. The van der Waals surface area contributed by atoms with Crippen LogP contribution in [-0.2, 0) is 4.79 Å². The van der Waals surface area contributed by atoms with Crippen LogP contribution >= 0.6 is 11.3 Å². The van der Waals surface area contributed by atoms with Crippen molar-refractivity contribution in [1.82, 2.24) is 4.98 Å². The van der Waals surface area contributed by atoms with Crippen molar-refractivity contribution >= 4 is 32.6 Å². The number of ether oxygens (including phenoxy) is 3. The van der Waals surface area contributed by atoms with Crippen molar-refractivity contribution in [3.05, 3.63) is 42.5 Å². The lowest BCUT2D eigenvalue weighted by Gasteiger charge is -2.05. The third kappa shape index (κ3) is 4.00. The van der Waals surface area contributed by atoms with Gasteiger partial charge < -0.3 is 19.5 Å². The van der Waals surface area contributed by atoms with Gasteiger partial charge in [-0.05, 0) is 24.3 Å². The van der Waals surface area contributed by atoms with Crippen LogP contribution in [0, 0.1) is 0 Å². The highest BCUT2D eigenvalue weighted by Crippen LogP contribution is 2.38. The first-order valence-electron chi connectivity index (χ1n) is 7.70. The summed E-state index contributed by atoms with van der Waals surface area (Å²) in [5, 5.41) is 3.30. The molecule has 3 rings (SSSR count). The number of amides is 1. The molecule has 0 aliphatic carbocycles. The summed E-state index contributed by atoms with van der Waals surface area (Å²) in [5.74, 6) is 1.92. The van der Waals surface area contributed by atoms with Crippen molar-refractivity contribution in [1.29, 1.82) is 0 Å². The lowest BCUT2D eigenvalue weighted by atomic mass is 10.3. The zero-order valence-corrected chi connectivity index (χ0v) is 14.8. The molecule has 1 amide bonds. The van der Waals surface area contributed by atoms with Crippen LogP contribution < -0.4 is 19.5 Å². The van der Waals surface area contributed by atoms with E-state index in [4.69, 9.17) is 14.2 Å². The third-order valence-electron chi connectivity index (χ3n) is 3.50. The number of nitrogens with one attached hydrogen (secondary N) is 1. The number of hydrogen-bond acceptors (Lipinski definition) is 6. The number of carbonyl (C=O) groups excluding carboxylic acids is 1. The number of rotatable bonds is 7. The van der Waals surface area contributed by atoms with E-state index >= 15 is 0 Å². The minimum atomic E-state index is -0.159. The normalized spacial score (nSPS) is 10.5. The number of para-hydroxylation sites is 1. The van der Waals surface area contributed by atoms with Crippen LogP contribution in [0.1, 0.15) is 6.42 Å². The Morgan fingerprint density at radius 3 is 2.52 bits per heavy atom. The number of thiazole rings is 1. The fraction of sp³-hybridized carbons (Fsp3) is 0.222. The Hall–Kier alpha value is -2.80. The second kappa shape index (κ2) is 7.85. The molecule has 7 heteroatoms. The second-order valence-corrected chi connectivity index (χ2v) is 6.13. The smallest absolute Gasteiger partial charge is 0.229 e. The topological polar surface area (TPSA) is 69.7 Å². The predicted octanol–water partition coefficient (Wildman–Crippen LogP) is 3.72. The van der Waals surface area contributed by atoms with E-state index in [1.807, 2.05) is 36.4 Å². The largest absolute Gasteiger partial charge is 0.495 e. The lowest BCUT2D eigenvalue weighted by Crippen LogP contribution is -2.15. The summed E-state index contributed by atoms with van der Waals surface area (Å²) in [6.07, 6.45) is 0.235. The molecule has 0 atom stereocenters.